The Morgan fingerprint density at radius 1 is 0.533 bits per heavy atom. The lowest BCUT2D eigenvalue weighted by molar-refractivity contribution is -0.0122. The predicted molar refractivity (Wildman–Crippen MR) is 132 cm³/mol. The van der Waals surface area contributed by atoms with Crippen LogP contribution in [0.2, 0.25) is 0 Å². The fourth-order valence-electron chi connectivity index (χ4n) is 8.38. The Morgan fingerprint density at radius 2 is 0.967 bits per heavy atom. The van der Waals surface area contributed by atoms with Crippen LogP contribution in [0.15, 0.2) is 0 Å². The van der Waals surface area contributed by atoms with Crippen molar-refractivity contribution in [2.45, 2.75) is 131 Å². The summed E-state index contributed by atoms with van der Waals surface area (Å²) in [6, 6.07) is 0. The van der Waals surface area contributed by atoms with E-state index in [0.29, 0.717) is 0 Å². The molecule has 2 bridgehead atoms. The molecule has 0 N–H and O–H groups in total. The average Bonchev–Trinajstić information content (AvgIpc) is 3.17. The zero-order valence-corrected chi connectivity index (χ0v) is 22.6. The number of rotatable bonds is 4. The summed E-state index contributed by atoms with van der Waals surface area (Å²) in [4.78, 5) is 5.62. The van der Waals surface area contributed by atoms with Gasteiger partial charge in [-0.2, -0.15) is 0 Å². The highest BCUT2D eigenvalue weighted by Crippen LogP contribution is 2.63. The molecule has 0 amide bonds. The Hall–Kier alpha value is -0.0800. The standard InChI is InChI=1S/C28H54N2/c1-25(2,3)29(26(4,5)6)17-19-13-14-22-20-15-21(23(16-20)24(19)22)18-30(27(7,8)9)28(10,11)12/h19-24H,13-18H2,1-12H3. The highest BCUT2D eigenvalue weighted by molar-refractivity contribution is 5.08. The first-order valence-corrected chi connectivity index (χ1v) is 13.0. The predicted octanol–water partition coefficient (Wildman–Crippen LogP) is 7.08. The van der Waals surface area contributed by atoms with Gasteiger partial charge in [0.1, 0.15) is 0 Å². The Morgan fingerprint density at radius 3 is 1.40 bits per heavy atom. The van der Waals surface area contributed by atoms with E-state index in [0.717, 1.165) is 35.5 Å². The molecule has 2 heteroatoms. The summed E-state index contributed by atoms with van der Waals surface area (Å²) in [5, 5.41) is 0. The Balaban J connectivity index is 1.77. The molecule has 6 atom stereocenters. The SMILES string of the molecule is CC(C)(C)N(CC1CC2CC1C1C(CN(C(C)(C)C)C(C)(C)C)CCC21)C(C)(C)C. The average molecular weight is 419 g/mol. The van der Waals surface area contributed by atoms with E-state index < -0.39 is 0 Å². The van der Waals surface area contributed by atoms with E-state index in [4.69, 9.17) is 0 Å². The van der Waals surface area contributed by atoms with Gasteiger partial charge in [0.2, 0.25) is 0 Å². The van der Waals surface area contributed by atoms with E-state index in [2.05, 4.69) is 92.9 Å². The number of nitrogens with zero attached hydrogens (tertiary/aromatic N) is 2. The second-order valence-electron chi connectivity index (χ2n) is 15.1. The zero-order chi connectivity index (χ0) is 22.9. The largest absolute Gasteiger partial charge is 0.293 e. The Kier molecular flexibility index (Phi) is 6.35. The third-order valence-electron chi connectivity index (χ3n) is 8.87. The minimum Gasteiger partial charge on any atom is -0.293 e. The molecule has 0 heterocycles. The third-order valence-corrected chi connectivity index (χ3v) is 8.87. The van der Waals surface area contributed by atoms with Crippen LogP contribution in [0.25, 0.3) is 0 Å². The molecule has 3 fully saturated rings. The fraction of sp³-hybridized carbons (Fsp3) is 1.00. The highest BCUT2D eigenvalue weighted by Gasteiger charge is 2.58. The van der Waals surface area contributed by atoms with Crippen LogP contribution in [0, 0.1) is 35.5 Å². The molecule has 0 saturated heterocycles. The molecule has 0 aromatic carbocycles. The molecular formula is C28H54N2. The van der Waals surface area contributed by atoms with E-state index in [1.54, 1.807) is 0 Å². The van der Waals surface area contributed by atoms with Gasteiger partial charge in [-0.15, -0.1) is 0 Å². The zero-order valence-electron chi connectivity index (χ0n) is 22.6. The van der Waals surface area contributed by atoms with E-state index in [1.165, 1.54) is 38.8 Å². The van der Waals surface area contributed by atoms with Crippen molar-refractivity contribution in [2.24, 2.45) is 35.5 Å². The molecule has 3 rings (SSSR count). The molecule has 3 saturated carbocycles. The van der Waals surface area contributed by atoms with Crippen LogP contribution in [0.4, 0.5) is 0 Å². The van der Waals surface area contributed by atoms with Gasteiger partial charge in [-0.3, -0.25) is 9.80 Å². The minimum atomic E-state index is 0.239. The summed E-state index contributed by atoms with van der Waals surface area (Å²) < 4.78 is 0. The summed E-state index contributed by atoms with van der Waals surface area (Å²) in [5.41, 5.74) is 0.957. The molecular weight excluding hydrogens is 364 g/mol. The van der Waals surface area contributed by atoms with Crippen molar-refractivity contribution in [3.8, 4) is 0 Å². The Bertz CT molecular complexity index is 566. The summed E-state index contributed by atoms with van der Waals surface area (Å²) in [7, 11) is 0. The van der Waals surface area contributed by atoms with Crippen LogP contribution in [0.3, 0.4) is 0 Å². The molecule has 30 heavy (non-hydrogen) atoms. The van der Waals surface area contributed by atoms with Gasteiger partial charge in [0, 0.05) is 35.2 Å². The molecule has 176 valence electrons. The van der Waals surface area contributed by atoms with Gasteiger partial charge < -0.3 is 0 Å². The van der Waals surface area contributed by atoms with Gasteiger partial charge in [0.15, 0.2) is 0 Å². The fourth-order valence-corrected chi connectivity index (χ4v) is 8.38. The van der Waals surface area contributed by atoms with Crippen molar-refractivity contribution in [2.75, 3.05) is 13.1 Å². The summed E-state index contributed by atoms with van der Waals surface area (Å²) in [5.74, 6) is 5.84. The van der Waals surface area contributed by atoms with Gasteiger partial charge in [0.25, 0.3) is 0 Å². The van der Waals surface area contributed by atoms with Gasteiger partial charge >= 0.3 is 0 Å². The smallest absolute Gasteiger partial charge is 0.0130 e. The Labute approximate surface area is 189 Å². The molecule has 3 aliphatic carbocycles. The quantitative estimate of drug-likeness (QED) is 0.481. The summed E-state index contributed by atoms with van der Waals surface area (Å²) >= 11 is 0. The second-order valence-corrected chi connectivity index (χ2v) is 15.1. The maximum Gasteiger partial charge on any atom is 0.0130 e. The topological polar surface area (TPSA) is 6.48 Å². The number of hydrogen-bond donors (Lipinski definition) is 0. The molecule has 6 unspecified atom stereocenters. The molecule has 0 aliphatic heterocycles. The second kappa shape index (κ2) is 7.75. The van der Waals surface area contributed by atoms with Crippen LogP contribution in [-0.4, -0.2) is 45.0 Å². The van der Waals surface area contributed by atoms with E-state index >= 15 is 0 Å². The van der Waals surface area contributed by atoms with Gasteiger partial charge in [-0.25, -0.2) is 0 Å². The molecule has 2 nitrogen and oxygen atoms in total. The first kappa shape index (κ1) is 24.6. The van der Waals surface area contributed by atoms with Crippen LogP contribution in [0.5, 0.6) is 0 Å². The lowest BCUT2D eigenvalue weighted by Crippen LogP contribution is -2.56. The molecule has 0 radical (unpaired) electrons. The van der Waals surface area contributed by atoms with E-state index in [-0.39, 0.29) is 22.2 Å². The van der Waals surface area contributed by atoms with Crippen LogP contribution < -0.4 is 0 Å². The maximum absolute atomic E-state index is 2.81. The summed E-state index contributed by atoms with van der Waals surface area (Å²) in [6.45, 7) is 31.6. The first-order valence-electron chi connectivity index (χ1n) is 13.0. The normalized spacial score (nSPS) is 35.0. The van der Waals surface area contributed by atoms with Gasteiger partial charge in [-0.1, -0.05) is 0 Å². The van der Waals surface area contributed by atoms with Crippen LogP contribution >= 0.6 is 0 Å². The van der Waals surface area contributed by atoms with Gasteiger partial charge in [0.05, 0.1) is 0 Å². The lowest BCUT2D eigenvalue weighted by atomic mass is 9.71. The van der Waals surface area contributed by atoms with Crippen molar-refractivity contribution in [3.05, 3.63) is 0 Å². The van der Waals surface area contributed by atoms with Crippen molar-refractivity contribution in [1.29, 1.82) is 0 Å². The van der Waals surface area contributed by atoms with Crippen molar-refractivity contribution >= 4 is 0 Å². The molecule has 0 aromatic heterocycles. The monoisotopic (exact) mass is 418 g/mol. The number of hydrogen-bond acceptors (Lipinski definition) is 2. The number of fused-ring (bicyclic) bond motifs is 5. The maximum atomic E-state index is 2.81. The highest BCUT2D eigenvalue weighted by atomic mass is 15.2. The summed E-state index contributed by atoms with van der Waals surface area (Å²) in [6.07, 6.45) is 6.01. The molecule has 0 spiro atoms. The minimum absolute atomic E-state index is 0.239. The molecule has 3 aliphatic rings. The van der Waals surface area contributed by atoms with Crippen LogP contribution in [0.1, 0.15) is 109 Å². The van der Waals surface area contributed by atoms with Crippen molar-refractivity contribution in [3.63, 3.8) is 0 Å². The van der Waals surface area contributed by atoms with Crippen LogP contribution in [-0.2, 0) is 0 Å². The van der Waals surface area contributed by atoms with Crippen molar-refractivity contribution in [1.82, 2.24) is 9.80 Å². The first-order chi connectivity index (χ1) is 13.4. The van der Waals surface area contributed by atoms with Gasteiger partial charge in [-0.05, 0) is 144 Å². The van der Waals surface area contributed by atoms with E-state index in [1.807, 2.05) is 0 Å². The lowest BCUT2D eigenvalue weighted by Gasteiger charge is -2.50. The molecule has 0 aromatic rings. The van der Waals surface area contributed by atoms with Crippen molar-refractivity contribution < 1.29 is 0 Å². The third kappa shape index (κ3) is 4.80. The van der Waals surface area contributed by atoms with E-state index in [9.17, 15) is 0 Å².